The molecule has 0 bridgehead atoms. The number of hydrogen-bond donors (Lipinski definition) is 0. The molecule has 0 radical (unpaired) electrons. The fraction of sp³-hybridized carbons (Fsp3) is 0.529. The summed E-state index contributed by atoms with van der Waals surface area (Å²) >= 11 is 0. The van der Waals surface area contributed by atoms with Crippen LogP contribution in [0.2, 0.25) is 0 Å². The van der Waals surface area contributed by atoms with Crippen LogP contribution >= 0.6 is 0 Å². The van der Waals surface area contributed by atoms with Gasteiger partial charge in [-0.1, -0.05) is 69.2 Å². The molecule has 0 spiro atoms. The van der Waals surface area contributed by atoms with Crippen LogP contribution in [0.3, 0.4) is 0 Å². The van der Waals surface area contributed by atoms with Crippen molar-refractivity contribution in [1.29, 1.82) is 0 Å². The van der Waals surface area contributed by atoms with Crippen LogP contribution in [0.1, 0.15) is 51.5 Å². The Morgan fingerprint density at radius 3 is 2.59 bits per heavy atom. The first-order valence-corrected chi connectivity index (χ1v) is 7.03. The highest BCUT2D eigenvalue weighted by Gasteiger charge is 1.97. The summed E-state index contributed by atoms with van der Waals surface area (Å²) in [6.45, 7) is 4.57. The lowest BCUT2D eigenvalue weighted by atomic mass is 10.0. The molecular weight excluding hydrogens is 204 g/mol. The molecule has 1 rings (SSSR count). The number of benzene rings is 1. The molecular formula is C17H26. The van der Waals surface area contributed by atoms with Gasteiger partial charge in [0.05, 0.1) is 0 Å². The molecule has 0 heteroatoms. The molecule has 17 heavy (non-hydrogen) atoms. The Kier molecular flexibility index (Phi) is 7.46. The average molecular weight is 230 g/mol. The molecule has 0 fully saturated rings. The summed E-state index contributed by atoms with van der Waals surface area (Å²) in [5.41, 5.74) is 1.47. The predicted molar refractivity (Wildman–Crippen MR) is 77.2 cm³/mol. The third-order valence-electron chi connectivity index (χ3n) is 3.16. The van der Waals surface area contributed by atoms with Crippen molar-refractivity contribution in [2.75, 3.05) is 0 Å². The first kappa shape index (κ1) is 14.0. The van der Waals surface area contributed by atoms with Crippen LogP contribution < -0.4 is 0 Å². The lowest BCUT2D eigenvalue weighted by molar-refractivity contribution is 0.604. The van der Waals surface area contributed by atoms with Gasteiger partial charge in [0.2, 0.25) is 0 Å². The van der Waals surface area contributed by atoms with E-state index >= 15 is 0 Å². The summed E-state index contributed by atoms with van der Waals surface area (Å²) in [6, 6.07) is 10.8. The molecule has 1 aromatic carbocycles. The number of aryl methyl sites for hydroxylation is 1. The maximum atomic E-state index is 2.39. The van der Waals surface area contributed by atoms with Crippen LogP contribution in [-0.2, 0) is 6.42 Å². The standard InChI is InChI=1S/C17H26/c1-3-4-5-7-11-16(2)12-10-15-17-13-8-6-9-14-17/h6-9,11,13-14,16H,3-5,10,12,15H2,1-2H3/b11-7+/t16-/m1/s1. The summed E-state index contributed by atoms with van der Waals surface area (Å²) in [7, 11) is 0. The lowest BCUT2D eigenvalue weighted by Gasteiger charge is -2.06. The summed E-state index contributed by atoms with van der Waals surface area (Å²) in [5, 5.41) is 0. The molecule has 0 aromatic heterocycles. The monoisotopic (exact) mass is 230 g/mol. The molecule has 1 aromatic rings. The minimum Gasteiger partial charge on any atom is -0.0883 e. The van der Waals surface area contributed by atoms with E-state index in [0.29, 0.717) is 0 Å². The fourth-order valence-electron chi connectivity index (χ4n) is 2.02. The Hall–Kier alpha value is -1.04. The molecule has 0 nitrogen and oxygen atoms in total. The van der Waals surface area contributed by atoms with E-state index in [0.717, 1.165) is 5.92 Å². The second kappa shape index (κ2) is 9.04. The Labute approximate surface area is 107 Å². The average Bonchev–Trinajstić information content (AvgIpc) is 2.36. The fourth-order valence-corrected chi connectivity index (χ4v) is 2.02. The first-order valence-electron chi connectivity index (χ1n) is 7.03. The van der Waals surface area contributed by atoms with Crippen LogP contribution in [0.4, 0.5) is 0 Å². The van der Waals surface area contributed by atoms with Gasteiger partial charge in [-0.05, 0) is 37.2 Å². The van der Waals surface area contributed by atoms with Gasteiger partial charge in [0.1, 0.15) is 0 Å². The molecule has 94 valence electrons. The molecule has 0 unspecified atom stereocenters. The Morgan fingerprint density at radius 1 is 1.12 bits per heavy atom. The van der Waals surface area contributed by atoms with Gasteiger partial charge in [-0.3, -0.25) is 0 Å². The van der Waals surface area contributed by atoms with E-state index in [4.69, 9.17) is 0 Å². The van der Waals surface area contributed by atoms with Crippen molar-refractivity contribution in [3.8, 4) is 0 Å². The van der Waals surface area contributed by atoms with Crippen LogP contribution in [0.5, 0.6) is 0 Å². The third kappa shape index (κ3) is 6.99. The van der Waals surface area contributed by atoms with Crippen LogP contribution in [0, 0.1) is 5.92 Å². The molecule has 0 aliphatic carbocycles. The van der Waals surface area contributed by atoms with Crippen molar-refractivity contribution < 1.29 is 0 Å². The molecule has 1 atom stereocenters. The Balaban J connectivity index is 2.12. The van der Waals surface area contributed by atoms with Gasteiger partial charge in [0.25, 0.3) is 0 Å². The zero-order chi connectivity index (χ0) is 12.3. The summed E-state index contributed by atoms with van der Waals surface area (Å²) in [5.74, 6) is 0.732. The minimum absolute atomic E-state index is 0.732. The number of rotatable bonds is 8. The first-order chi connectivity index (χ1) is 8.33. The largest absolute Gasteiger partial charge is 0.0883 e. The van der Waals surface area contributed by atoms with Gasteiger partial charge < -0.3 is 0 Å². The normalized spacial score (nSPS) is 13.1. The molecule has 0 aliphatic rings. The van der Waals surface area contributed by atoms with Crippen LogP contribution in [0.25, 0.3) is 0 Å². The summed E-state index contributed by atoms with van der Waals surface area (Å²) in [4.78, 5) is 0. The summed E-state index contributed by atoms with van der Waals surface area (Å²) in [6.07, 6.45) is 12.4. The quantitative estimate of drug-likeness (QED) is 0.415. The number of unbranched alkanes of at least 4 members (excludes halogenated alkanes) is 2. The second-order valence-electron chi connectivity index (χ2n) is 4.93. The van der Waals surface area contributed by atoms with Gasteiger partial charge >= 0.3 is 0 Å². The van der Waals surface area contributed by atoms with Gasteiger partial charge in [-0.15, -0.1) is 0 Å². The van der Waals surface area contributed by atoms with Crippen molar-refractivity contribution in [1.82, 2.24) is 0 Å². The van der Waals surface area contributed by atoms with Gasteiger partial charge in [0, 0.05) is 0 Å². The van der Waals surface area contributed by atoms with E-state index in [1.165, 1.54) is 44.1 Å². The summed E-state index contributed by atoms with van der Waals surface area (Å²) < 4.78 is 0. The Morgan fingerprint density at radius 2 is 1.88 bits per heavy atom. The van der Waals surface area contributed by atoms with Crippen LogP contribution in [0.15, 0.2) is 42.5 Å². The zero-order valence-electron chi connectivity index (χ0n) is 11.4. The van der Waals surface area contributed by atoms with Crippen molar-refractivity contribution >= 4 is 0 Å². The molecule has 0 N–H and O–H groups in total. The SMILES string of the molecule is CCCC/C=C/[C@@H](C)CCCc1ccccc1. The maximum Gasteiger partial charge on any atom is -0.0262 e. The van der Waals surface area contributed by atoms with Crippen molar-refractivity contribution in [3.63, 3.8) is 0 Å². The van der Waals surface area contributed by atoms with E-state index in [9.17, 15) is 0 Å². The highest BCUT2D eigenvalue weighted by molar-refractivity contribution is 5.14. The molecule has 0 heterocycles. The van der Waals surface area contributed by atoms with E-state index < -0.39 is 0 Å². The topological polar surface area (TPSA) is 0 Å². The van der Waals surface area contributed by atoms with Crippen molar-refractivity contribution in [2.45, 2.75) is 52.4 Å². The van der Waals surface area contributed by atoms with E-state index in [-0.39, 0.29) is 0 Å². The van der Waals surface area contributed by atoms with Gasteiger partial charge in [-0.25, -0.2) is 0 Å². The van der Waals surface area contributed by atoms with E-state index in [1.807, 2.05) is 0 Å². The molecule has 0 aliphatic heterocycles. The predicted octanol–water partition coefficient (Wildman–Crippen LogP) is 5.39. The smallest absolute Gasteiger partial charge is 0.0262 e. The second-order valence-corrected chi connectivity index (χ2v) is 4.93. The van der Waals surface area contributed by atoms with E-state index in [2.05, 4.69) is 56.3 Å². The molecule has 0 amide bonds. The lowest BCUT2D eigenvalue weighted by Crippen LogP contribution is -1.92. The maximum absolute atomic E-state index is 2.39. The number of hydrogen-bond acceptors (Lipinski definition) is 0. The van der Waals surface area contributed by atoms with Gasteiger partial charge in [-0.2, -0.15) is 0 Å². The number of allylic oxidation sites excluding steroid dienone is 2. The Bertz CT molecular complexity index is 297. The van der Waals surface area contributed by atoms with Crippen molar-refractivity contribution in [2.24, 2.45) is 5.92 Å². The third-order valence-corrected chi connectivity index (χ3v) is 3.16. The highest BCUT2D eigenvalue weighted by atomic mass is 14.0. The van der Waals surface area contributed by atoms with Crippen LogP contribution in [-0.4, -0.2) is 0 Å². The minimum atomic E-state index is 0.732. The molecule has 0 saturated heterocycles. The van der Waals surface area contributed by atoms with Gasteiger partial charge in [0.15, 0.2) is 0 Å². The highest BCUT2D eigenvalue weighted by Crippen LogP contribution is 2.12. The molecule has 0 saturated carbocycles. The van der Waals surface area contributed by atoms with Crippen molar-refractivity contribution in [3.05, 3.63) is 48.0 Å². The van der Waals surface area contributed by atoms with E-state index in [1.54, 1.807) is 0 Å². The zero-order valence-corrected chi connectivity index (χ0v) is 11.4.